The number of hydrogen-bond acceptors (Lipinski definition) is 2. The van der Waals surface area contributed by atoms with Gasteiger partial charge in [0.25, 0.3) is 0 Å². The molecule has 48 heavy (non-hydrogen) atoms. The zero-order valence-electron chi connectivity index (χ0n) is 25.8. The van der Waals surface area contributed by atoms with Gasteiger partial charge in [0, 0.05) is 26.9 Å². The summed E-state index contributed by atoms with van der Waals surface area (Å²) in [6.45, 7) is 0. The van der Waals surface area contributed by atoms with E-state index in [2.05, 4.69) is 146 Å². The van der Waals surface area contributed by atoms with Gasteiger partial charge in [-0.15, -0.1) is 0 Å². The predicted octanol–water partition coefficient (Wildman–Crippen LogP) is 13.4. The average molecular weight is 611 g/mol. The van der Waals surface area contributed by atoms with Gasteiger partial charge in [0.1, 0.15) is 22.3 Å². The van der Waals surface area contributed by atoms with E-state index in [0.717, 1.165) is 54.6 Å². The van der Waals surface area contributed by atoms with E-state index in [9.17, 15) is 0 Å². The quantitative estimate of drug-likeness (QED) is 0.182. The van der Waals surface area contributed by atoms with E-state index in [4.69, 9.17) is 8.83 Å². The minimum Gasteiger partial charge on any atom is -0.456 e. The minimum absolute atomic E-state index is 0.864. The van der Waals surface area contributed by atoms with Crippen LogP contribution in [0.25, 0.3) is 109 Å². The smallest absolute Gasteiger partial charge is 0.143 e. The Kier molecular flexibility index (Phi) is 5.14. The van der Waals surface area contributed by atoms with E-state index < -0.39 is 0 Å². The molecule has 11 aromatic rings. The van der Waals surface area contributed by atoms with E-state index in [-0.39, 0.29) is 0 Å². The van der Waals surface area contributed by atoms with Crippen LogP contribution in [0.3, 0.4) is 0 Å². The Balaban J connectivity index is 1.19. The molecule has 0 aliphatic heterocycles. The first-order valence-electron chi connectivity index (χ1n) is 16.4. The van der Waals surface area contributed by atoms with Crippen molar-refractivity contribution in [3.63, 3.8) is 0 Å². The first kappa shape index (κ1) is 25.8. The maximum absolute atomic E-state index is 6.53. The molecule has 0 saturated carbocycles. The summed E-state index contributed by atoms with van der Waals surface area (Å²) in [5, 5.41) is 14.2. The molecule has 0 atom stereocenters. The standard InChI is InChI=1S/C46H26O2/c1-2-12-30-27(10-1)11-9-18-32(30)45-35-16-5-3-14-33(35)44(34-15-4-6-17-36(34)45)29-21-23-42-39(25-29)40-24-28-20-22-37-31-13-7-8-19-41(31)48-46(37)38(28)26-43(40)47-42/h1-26H. The second-order valence-corrected chi connectivity index (χ2v) is 12.8. The Bertz CT molecular complexity index is 3060. The fourth-order valence-corrected chi connectivity index (χ4v) is 8.11. The number of hydrogen-bond donors (Lipinski definition) is 0. The Morgan fingerprint density at radius 1 is 0.292 bits per heavy atom. The van der Waals surface area contributed by atoms with Crippen molar-refractivity contribution in [2.45, 2.75) is 0 Å². The topological polar surface area (TPSA) is 26.3 Å². The van der Waals surface area contributed by atoms with Gasteiger partial charge in [-0.2, -0.15) is 0 Å². The van der Waals surface area contributed by atoms with Crippen molar-refractivity contribution in [3.05, 3.63) is 158 Å². The molecule has 0 aliphatic rings. The summed E-state index contributed by atoms with van der Waals surface area (Å²) in [5.41, 5.74) is 8.51. The van der Waals surface area contributed by atoms with Crippen molar-refractivity contribution in [2.24, 2.45) is 0 Å². The molecule has 2 heterocycles. The molecule has 222 valence electrons. The highest BCUT2D eigenvalue weighted by Crippen LogP contribution is 2.46. The molecule has 0 radical (unpaired) electrons. The Morgan fingerprint density at radius 2 is 0.917 bits per heavy atom. The molecule has 11 rings (SSSR count). The van der Waals surface area contributed by atoms with Gasteiger partial charge in [-0.1, -0.05) is 121 Å². The van der Waals surface area contributed by atoms with Gasteiger partial charge in [0.15, 0.2) is 0 Å². The van der Waals surface area contributed by atoms with Gasteiger partial charge in [-0.05, 0) is 96.4 Å². The van der Waals surface area contributed by atoms with Gasteiger partial charge >= 0.3 is 0 Å². The zero-order chi connectivity index (χ0) is 31.3. The van der Waals surface area contributed by atoms with Crippen LogP contribution in [0.5, 0.6) is 0 Å². The van der Waals surface area contributed by atoms with Gasteiger partial charge < -0.3 is 8.83 Å². The lowest BCUT2D eigenvalue weighted by atomic mass is 9.84. The van der Waals surface area contributed by atoms with Crippen molar-refractivity contribution in [3.8, 4) is 22.3 Å². The van der Waals surface area contributed by atoms with Crippen LogP contribution in [0.2, 0.25) is 0 Å². The Hall–Kier alpha value is -6.38. The molecule has 0 aliphatic carbocycles. The third-order valence-electron chi connectivity index (χ3n) is 10.2. The second-order valence-electron chi connectivity index (χ2n) is 12.8. The van der Waals surface area contributed by atoms with E-state index in [1.165, 1.54) is 54.6 Å². The van der Waals surface area contributed by atoms with Crippen molar-refractivity contribution < 1.29 is 8.83 Å². The highest BCUT2D eigenvalue weighted by Gasteiger charge is 2.19. The van der Waals surface area contributed by atoms with Crippen LogP contribution in [0.1, 0.15) is 0 Å². The summed E-state index contributed by atoms with van der Waals surface area (Å²) in [6, 6.07) is 56.8. The maximum atomic E-state index is 6.53. The normalized spacial score (nSPS) is 12.2. The van der Waals surface area contributed by atoms with Crippen molar-refractivity contribution in [2.75, 3.05) is 0 Å². The molecule has 9 aromatic carbocycles. The van der Waals surface area contributed by atoms with E-state index in [0.29, 0.717) is 0 Å². The molecular formula is C46H26O2. The van der Waals surface area contributed by atoms with Crippen LogP contribution in [0.4, 0.5) is 0 Å². The van der Waals surface area contributed by atoms with Crippen LogP contribution in [-0.2, 0) is 0 Å². The molecule has 0 bridgehead atoms. The molecular weight excluding hydrogens is 585 g/mol. The molecule has 2 nitrogen and oxygen atoms in total. The fourth-order valence-electron chi connectivity index (χ4n) is 8.11. The second kappa shape index (κ2) is 9.57. The summed E-state index contributed by atoms with van der Waals surface area (Å²) in [5.74, 6) is 0. The van der Waals surface area contributed by atoms with E-state index in [1.54, 1.807) is 0 Å². The number of rotatable bonds is 2. The van der Waals surface area contributed by atoms with Gasteiger partial charge in [0.2, 0.25) is 0 Å². The van der Waals surface area contributed by atoms with Gasteiger partial charge in [0.05, 0.1) is 0 Å². The summed E-state index contributed by atoms with van der Waals surface area (Å²) in [7, 11) is 0. The molecule has 0 amide bonds. The molecule has 0 N–H and O–H groups in total. The lowest BCUT2D eigenvalue weighted by molar-refractivity contribution is 0.667. The predicted molar refractivity (Wildman–Crippen MR) is 202 cm³/mol. The van der Waals surface area contributed by atoms with E-state index >= 15 is 0 Å². The van der Waals surface area contributed by atoms with Crippen LogP contribution in [0, 0.1) is 0 Å². The lowest BCUT2D eigenvalue weighted by Crippen LogP contribution is -1.91. The molecule has 0 unspecified atom stereocenters. The molecule has 0 fully saturated rings. The molecule has 2 aromatic heterocycles. The third-order valence-corrected chi connectivity index (χ3v) is 10.2. The lowest BCUT2D eigenvalue weighted by Gasteiger charge is -2.18. The average Bonchev–Trinajstić information content (AvgIpc) is 3.70. The number of furan rings is 2. The molecule has 0 saturated heterocycles. The van der Waals surface area contributed by atoms with Crippen LogP contribution in [-0.4, -0.2) is 0 Å². The van der Waals surface area contributed by atoms with E-state index in [1.807, 2.05) is 12.1 Å². The van der Waals surface area contributed by atoms with Crippen molar-refractivity contribution >= 4 is 87.0 Å². The molecule has 2 heteroatoms. The van der Waals surface area contributed by atoms with Crippen LogP contribution >= 0.6 is 0 Å². The zero-order valence-corrected chi connectivity index (χ0v) is 25.8. The fraction of sp³-hybridized carbons (Fsp3) is 0. The minimum atomic E-state index is 0.864. The molecule has 0 spiro atoms. The summed E-state index contributed by atoms with van der Waals surface area (Å²) in [6.07, 6.45) is 0. The summed E-state index contributed by atoms with van der Waals surface area (Å²) >= 11 is 0. The highest BCUT2D eigenvalue weighted by molar-refractivity contribution is 6.25. The third kappa shape index (κ3) is 3.52. The Morgan fingerprint density at radius 3 is 1.71 bits per heavy atom. The monoisotopic (exact) mass is 610 g/mol. The van der Waals surface area contributed by atoms with Gasteiger partial charge in [-0.25, -0.2) is 0 Å². The Labute approximate surface area is 275 Å². The maximum Gasteiger partial charge on any atom is 0.143 e. The summed E-state index contributed by atoms with van der Waals surface area (Å²) in [4.78, 5) is 0. The first-order valence-corrected chi connectivity index (χ1v) is 16.4. The van der Waals surface area contributed by atoms with Crippen LogP contribution in [0.15, 0.2) is 167 Å². The van der Waals surface area contributed by atoms with Crippen LogP contribution < -0.4 is 0 Å². The number of benzene rings is 9. The number of fused-ring (bicyclic) bond motifs is 11. The highest BCUT2D eigenvalue weighted by atomic mass is 16.3. The SMILES string of the molecule is c1ccc2c(-c3c4ccccc4c(-c4ccc5oc6cc7c(ccc8c9ccccc9oc78)cc6c5c4)c4ccccc34)cccc2c1. The van der Waals surface area contributed by atoms with Gasteiger partial charge in [-0.3, -0.25) is 0 Å². The van der Waals surface area contributed by atoms with Crippen molar-refractivity contribution in [1.82, 2.24) is 0 Å². The number of para-hydroxylation sites is 1. The van der Waals surface area contributed by atoms with Crippen molar-refractivity contribution in [1.29, 1.82) is 0 Å². The summed E-state index contributed by atoms with van der Waals surface area (Å²) < 4.78 is 12.9. The first-order chi connectivity index (χ1) is 23.8. The largest absolute Gasteiger partial charge is 0.456 e.